The van der Waals surface area contributed by atoms with Crippen LogP contribution < -0.4 is 9.47 Å². The van der Waals surface area contributed by atoms with Gasteiger partial charge in [0.25, 0.3) is 0 Å². The number of rotatable bonds is 10. The normalized spacial score (nSPS) is 24.4. The van der Waals surface area contributed by atoms with E-state index in [1.807, 2.05) is 24.3 Å². The SMILES string of the molecule is C=CC(=O)OCC1CCC(C(=O)Oc2ccc(OC(=O)C3CCC(COC(=O)C=C)CC3)c3c2C2c4ccccc4C3c3ccccc32)CC1. The van der Waals surface area contributed by atoms with Gasteiger partial charge >= 0.3 is 23.9 Å². The first kappa shape index (κ1) is 33.5. The molecule has 0 spiro atoms. The second-order valence-electron chi connectivity index (χ2n) is 14.0. The Balaban J connectivity index is 1.14. The summed E-state index contributed by atoms with van der Waals surface area (Å²) in [6.07, 6.45) is 8.03. The summed E-state index contributed by atoms with van der Waals surface area (Å²) in [6, 6.07) is 20.3. The predicted octanol–water partition coefficient (Wildman–Crippen LogP) is 7.56. The highest BCUT2D eigenvalue weighted by Gasteiger charge is 2.45. The van der Waals surface area contributed by atoms with Crippen molar-refractivity contribution >= 4 is 23.9 Å². The van der Waals surface area contributed by atoms with E-state index in [1.54, 1.807) is 12.1 Å². The Hall–Kier alpha value is -4.98. The fourth-order valence-electron chi connectivity index (χ4n) is 8.43. The third-order valence-corrected chi connectivity index (χ3v) is 11.1. The molecule has 0 aliphatic heterocycles. The lowest BCUT2D eigenvalue weighted by Crippen LogP contribution is -2.32. The van der Waals surface area contributed by atoms with E-state index in [4.69, 9.17) is 18.9 Å². The Morgan fingerprint density at radius 1 is 0.540 bits per heavy atom. The summed E-state index contributed by atoms with van der Waals surface area (Å²) in [5.41, 5.74) is 6.40. The average Bonchev–Trinajstić information content (AvgIpc) is 3.16. The second kappa shape index (κ2) is 14.5. The molecule has 8 nitrogen and oxygen atoms in total. The molecule has 8 heteroatoms. The van der Waals surface area contributed by atoms with Crippen molar-refractivity contribution in [3.05, 3.63) is 119 Å². The number of hydrogen-bond donors (Lipinski definition) is 0. The molecule has 5 aliphatic carbocycles. The molecule has 5 aliphatic rings. The van der Waals surface area contributed by atoms with E-state index in [9.17, 15) is 19.2 Å². The fraction of sp³-hybridized carbons (Fsp3) is 0.381. The van der Waals surface area contributed by atoms with Crippen LogP contribution in [-0.2, 0) is 28.7 Å². The van der Waals surface area contributed by atoms with E-state index >= 15 is 0 Å². The summed E-state index contributed by atoms with van der Waals surface area (Å²) in [5, 5.41) is 0. The quantitative estimate of drug-likeness (QED) is 0.0850. The Labute approximate surface area is 292 Å². The summed E-state index contributed by atoms with van der Waals surface area (Å²) in [6.45, 7) is 7.56. The molecule has 0 atom stereocenters. The standard InChI is InChI=1S/C42H42O8/c1-3-35(43)47-23-25-13-17-27(18-14-25)41(45)49-33-21-22-34(50-42(46)28-19-15-26(16-20-28)24-48-36(44)4-2)40-38-31-11-7-5-9-29(31)37(39(33)40)30-10-6-8-12-32(30)38/h3-12,21-22,25-28,37-38H,1-2,13-20,23-24H2. The van der Waals surface area contributed by atoms with Gasteiger partial charge in [0, 0.05) is 35.1 Å². The predicted molar refractivity (Wildman–Crippen MR) is 186 cm³/mol. The van der Waals surface area contributed by atoms with E-state index in [0.29, 0.717) is 50.4 Å². The van der Waals surface area contributed by atoms with Crippen LogP contribution in [-0.4, -0.2) is 37.1 Å². The van der Waals surface area contributed by atoms with Gasteiger partial charge in [-0.15, -0.1) is 0 Å². The molecule has 0 heterocycles. The van der Waals surface area contributed by atoms with Gasteiger partial charge < -0.3 is 18.9 Å². The van der Waals surface area contributed by atoms with E-state index < -0.39 is 11.9 Å². The van der Waals surface area contributed by atoms with Gasteiger partial charge in [0.15, 0.2) is 0 Å². The molecule has 0 unspecified atom stereocenters. The molecule has 3 aromatic carbocycles. The smallest absolute Gasteiger partial charge is 0.330 e. The Bertz CT molecular complexity index is 1650. The van der Waals surface area contributed by atoms with E-state index in [2.05, 4.69) is 37.4 Å². The van der Waals surface area contributed by atoms with Crippen molar-refractivity contribution < 1.29 is 38.1 Å². The van der Waals surface area contributed by atoms with Gasteiger partial charge in [-0.1, -0.05) is 61.7 Å². The topological polar surface area (TPSA) is 105 Å². The van der Waals surface area contributed by atoms with E-state index in [-0.39, 0.29) is 47.4 Å². The number of benzene rings is 3. The van der Waals surface area contributed by atoms with E-state index in [0.717, 1.165) is 71.2 Å². The van der Waals surface area contributed by atoms with Crippen LogP contribution >= 0.6 is 0 Å². The van der Waals surface area contributed by atoms with E-state index in [1.165, 1.54) is 0 Å². The highest BCUT2D eigenvalue weighted by atomic mass is 16.5. The number of hydrogen-bond acceptors (Lipinski definition) is 8. The molecule has 50 heavy (non-hydrogen) atoms. The van der Waals surface area contributed by atoms with Gasteiger partial charge in [-0.3, -0.25) is 9.59 Å². The summed E-state index contributed by atoms with van der Waals surface area (Å²) < 4.78 is 23.1. The summed E-state index contributed by atoms with van der Waals surface area (Å²) in [7, 11) is 0. The van der Waals surface area contributed by atoms with Crippen molar-refractivity contribution in [1.29, 1.82) is 0 Å². The zero-order valence-electron chi connectivity index (χ0n) is 28.1. The van der Waals surface area contributed by atoms with Crippen molar-refractivity contribution in [2.75, 3.05) is 13.2 Å². The number of ether oxygens (including phenoxy) is 4. The maximum Gasteiger partial charge on any atom is 0.330 e. The van der Waals surface area contributed by atoms with Crippen LogP contribution in [0.5, 0.6) is 11.5 Å². The molecule has 258 valence electrons. The van der Waals surface area contributed by atoms with Gasteiger partial charge in [0.1, 0.15) is 11.5 Å². The molecule has 8 rings (SSSR count). The highest BCUT2D eigenvalue weighted by molar-refractivity contribution is 5.82. The Morgan fingerprint density at radius 3 is 1.20 bits per heavy atom. The number of carbonyl (C=O) groups is 4. The van der Waals surface area contributed by atoms with Crippen LogP contribution in [0.2, 0.25) is 0 Å². The minimum absolute atomic E-state index is 0.187. The maximum atomic E-state index is 13.7. The van der Waals surface area contributed by atoms with Gasteiger partial charge in [0.2, 0.25) is 0 Å². The first-order valence-corrected chi connectivity index (χ1v) is 17.7. The maximum absolute atomic E-state index is 13.7. The first-order chi connectivity index (χ1) is 24.4. The Kier molecular flexibility index (Phi) is 9.70. The van der Waals surface area contributed by atoms with Crippen LogP contribution in [0.3, 0.4) is 0 Å². The van der Waals surface area contributed by atoms with Crippen LogP contribution in [0.1, 0.15) is 96.6 Å². The molecule has 2 fully saturated rings. The second-order valence-corrected chi connectivity index (χ2v) is 14.0. The van der Waals surface area contributed by atoms with Gasteiger partial charge in [-0.25, -0.2) is 9.59 Å². The molecular weight excluding hydrogens is 632 g/mol. The van der Waals surface area contributed by atoms with Crippen molar-refractivity contribution in [3.63, 3.8) is 0 Å². The van der Waals surface area contributed by atoms with Gasteiger partial charge in [-0.2, -0.15) is 0 Å². The Morgan fingerprint density at radius 2 is 0.880 bits per heavy atom. The minimum atomic E-state index is -0.431. The van der Waals surface area contributed by atoms with Crippen molar-refractivity contribution in [1.82, 2.24) is 0 Å². The molecule has 0 aromatic heterocycles. The average molecular weight is 675 g/mol. The molecule has 3 aromatic rings. The largest absolute Gasteiger partial charge is 0.462 e. The monoisotopic (exact) mass is 674 g/mol. The molecule has 2 bridgehead atoms. The molecule has 0 amide bonds. The lowest BCUT2D eigenvalue weighted by Gasteiger charge is -2.43. The third kappa shape index (κ3) is 6.51. The summed E-state index contributed by atoms with van der Waals surface area (Å²) >= 11 is 0. The lowest BCUT2D eigenvalue weighted by molar-refractivity contribution is -0.143. The number of carbonyl (C=O) groups excluding carboxylic acids is 4. The molecule has 0 N–H and O–H groups in total. The third-order valence-electron chi connectivity index (χ3n) is 11.1. The highest BCUT2D eigenvalue weighted by Crippen LogP contribution is 2.60. The minimum Gasteiger partial charge on any atom is -0.462 e. The molecule has 0 radical (unpaired) electrons. The zero-order valence-corrected chi connectivity index (χ0v) is 28.1. The fourth-order valence-corrected chi connectivity index (χ4v) is 8.43. The zero-order chi connectivity index (χ0) is 34.8. The van der Waals surface area contributed by atoms with Gasteiger partial charge in [-0.05, 0) is 97.6 Å². The van der Waals surface area contributed by atoms with Crippen LogP contribution in [0.25, 0.3) is 0 Å². The summed E-state index contributed by atoms with van der Waals surface area (Å²) in [4.78, 5) is 50.5. The van der Waals surface area contributed by atoms with Crippen molar-refractivity contribution in [3.8, 4) is 11.5 Å². The van der Waals surface area contributed by atoms with Gasteiger partial charge in [0.05, 0.1) is 25.0 Å². The lowest BCUT2D eigenvalue weighted by atomic mass is 9.60. The van der Waals surface area contributed by atoms with Crippen LogP contribution in [0.4, 0.5) is 0 Å². The first-order valence-electron chi connectivity index (χ1n) is 17.7. The van der Waals surface area contributed by atoms with Crippen molar-refractivity contribution in [2.45, 2.75) is 63.2 Å². The molecule has 0 saturated heterocycles. The molecular formula is C42H42O8. The van der Waals surface area contributed by atoms with Crippen LogP contribution in [0, 0.1) is 23.7 Å². The summed E-state index contributed by atoms with van der Waals surface area (Å²) in [5.74, 6) is -0.874. The van der Waals surface area contributed by atoms with Crippen LogP contribution in [0.15, 0.2) is 86.0 Å². The van der Waals surface area contributed by atoms with Crippen molar-refractivity contribution in [2.24, 2.45) is 23.7 Å². The number of esters is 4. The molecule has 2 saturated carbocycles.